The molecular formula is C11H16ClN. The van der Waals surface area contributed by atoms with E-state index in [-0.39, 0.29) is 0 Å². The highest BCUT2D eigenvalue weighted by molar-refractivity contribution is 6.30. The van der Waals surface area contributed by atoms with Gasteiger partial charge in [0.05, 0.1) is 0 Å². The Morgan fingerprint density at radius 3 is 2.62 bits per heavy atom. The molecule has 0 spiro atoms. The fourth-order valence-corrected chi connectivity index (χ4v) is 1.84. The van der Waals surface area contributed by atoms with Gasteiger partial charge in [-0.3, -0.25) is 0 Å². The summed E-state index contributed by atoms with van der Waals surface area (Å²) in [5.41, 5.74) is 8.26. The SMILES string of the molecule is CCC(CN)c1ccc(Cl)cc1C. The number of benzene rings is 1. The predicted molar refractivity (Wildman–Crippen MR) is 58.3 cm³/mol. The third-order valence-electron chi connectivity index (χ3n) is 2.45. The van der Waals surface area contributed by atoms with Crippen LogP contribution in [0.15, 0.2) is 18.2 Å². The lowest BCUT2D eigenvalue weighted by Crippen LogP contribution is -2.12. The fraction of sp³-hybridized carbons (Fsp3) is 0.455. The van der Waals surface area contributed by atoms with Gasteiger partial charge < -0.3 is 5.73 Å². The van der Waals surface area contributed by atoms with E-state index in [0.717, 1.165) is 11.4 Å². The maximum atomic E-state index is 5.88. The summed E-state index contributed by atoms with van der Waals surface area (Å²) in [4.78, 5) is 0. The van der Waals surface area contributed by atoms with E-state index in [9.17, 15) is 0 Å². The van der Waals surface area contributed by atoms with Crippen LogP contribution in [-0.4, -0.2) is 6.54 Å². The second-order valence-electron chi connectivity index (χ2n) is 3.34. The van der Waals surface area contributed by atoms with Crippen LogP contribution in [0.3, 0.4) is 0 Å². The molecule has 0 aromatic heterocycles. The molecule has 0 bridgehead atoms. The Kier molecular flexibility index (Phi) is 3.76. The monoisotopic (exact) mass is 197 g/mol. The Bertz CT molecular complexity index is 279. The molecule has 13 heavy (non-hydrogen) atoms. The van der Waals surface area contributed by atoms with E-state index in [1.54, 1.807) is 0 Å². The van der Waals surface area contributed by atoms with Crippen molar-refractivity contribution in [2.24, 2.45) is 5.73 Å². The largest absolute Gasteiger partial charge is 0.330 e. The Morgan fingerprint density at radius 2 is 2.15 bits per heavy atom. The quantitative estimate of drug-likeness (QED) is 0.792. The fourth-order valence-electron chi connectivity index (χ4n) is 1.61. The lowest BCUT2D eigenvalue weighted by atomic mass is 9.93. The molecule has 0 saturated carbocycles. The Morgan fingerprint density at radius 1 is 1.46 bits per heavy atom. The van der Waals surface area contributed by atoms with E-state index >= 15 is 0 Å². The molecule has 0 amide bonds. The number of hydrogen-bond donors (Lipinski definition) is 1. The molecule has 1 aromatic rings. The molecule has 1 aromatic carbocycles. The molecule has 0 saturated heterocycles. The average Bonchev–Trinajstić information content (AvgIpc) is 2.10. The summed E-state index contributed by atoms with van der Waals surface area (Å²) >= 11 is 5.88. The van der Waals surface area contributed by atoms with E-state index in [4.69, 9.17) is 17.3 Å². The van der Waals surface area contributed by atoms with Crippen molar-refractivity contribution < 1.29 is 0 Å². The third-order valence-corrected chi connectivity index (χ3v) is 2.68. The topological polar surface area (TPSA) is 26.0 Å². The van der Waals surface area contributed by atoms with Crippen LogP contribution in [0.1, 0.15) is 30.4 Å². The van der Waals surface area contributed by atoms with Crippen molar-refractivity contribution in [3.05, 3.63) is 34.3 Å². The predicted octanol–water partition coefficient (Wildman–Crippen LogP) is 3.10. The van der Waals surface area contributed by atoms with Gasteiger partial charge in [0.1, 0.15) is 0 Å². The minimum absolute atomic E-state index is 0.470. The smallest absolute Gasteiger partial charge is 0.0408 e. The van der Waals surface area contributed by atoms with Crippen LogP contribution in [0.4, 0.5) is 0 Å². The van der Waals surface area contributed by atoms with E-state index in [1.165, 1.54) is 11.1 Å². The number of halogens is 1. The lowest BCUT2D eigenvalue weighted by molar-refractivity contribution is 0.670. The zero-order valence-corrected chi connectivity index (χ0v) is 8.93. The normalized spacial score (nSPS) is 12.9. The van der Waals surface area contributed by atoms with Crippen molar-refractivity contribution in [3.63, 3.8) is 0 Å². The average molecular weight is 198 g/mol. The summed E-state index contributed by atoms with van der Waals surface area (Å²) in [7, 11) is 0. The molecule has 2 N–H and O–H groups in total. The Balaban J connectivity index is 2.99. The maximum Gasteiger partial charge on any atom is 0.0408 e. The van der Waals surface area contributed by atoms with Crippen LogP contribution in [-0.2, 0) is 0 Å². The van der Waals surface area contributed by atoms with E-state index in [2.05, 4.69) is 19.9 Å². The molecule has 72 valence electrons. The molecular weight excluding hydrogens is 182 g/mol. The molecule has 2 heteroatoms. The number of hydrogen-bond acceptors (Lipinski definition) is 1. The molecule has 0 aliphatic carbocycles. The summed E-state index contributed by atoms with van der Waals surface area (Å²) in [6, 6.07) is 6.01. The van der Waals surface area contributed by atoms with Gasteiger partial charge in [-0.25, -0.2) is 0 Å². The standard InChI is InChI=1S/C11H16ClN/c1-3-9(7-13)11-5-4-10(12)6-8(11)2/h4-6,9H,3,7,13H2,1-2H3. The minimum Gasteiger partial charge on any atom is -0.330 e. The number of rotatable bonds is 3. The van der Waals surface area contributed by atoms with Gasteiger partial charge in [-0.05, 0) is 49.1 Å². The number of aryl methyl sites for hydroxylation is 1. The van der Waals surface area contributed by atoms with Crippen LogP contribution < -0.4 is 5.73 Å². The van der Waals surface area contributed by atoms with Crippen molar-refractivity contribution in [3.8, 4) is 0 Å². The summed E-state index contributed by atoms with van der Waals surface area (Å²) in [5.74, 6) is 0.470. The van der Waals surface area contributed by atoms with Crippen LogP contribution in [0, 0.1) is 6.92 Å². The molecule has 0 heterocycles. The summed E-state index contributed by atoms with van der Waals surface area (Å²) in [6.07, 6.45) is 1.08. The Hall–Kier alpha value is -0.530. The first-order chi connectivity index (χ1) is 6.19. The van der Waals surface area contributed by atoms with Gasteiger partial charge in [-0.1, -0.05) is 24.6 Å². The molecule has 1 unspecified atom stereocenters. The van der Waals surface area contributed by atoms with Crippen LogP contribution >= 0.6 is 11.6 Å². The van der Waals surface area contributed by atoms with Crippen LogP contribution in [0.25, 0.3) is 0 Å². The first-order valence-corrected chi connectivity index (χ1v) is 5.03. The number of nitrogens with two attached hydrogens (primary N) is 1. The lowest BCUT2D eigenvalue weighted by Gasteiger charge is -2.15. The molecule has 0 fully saturated rings. The molecule has 1 nitrogen and oxygen atoms in total. The highest BCUT2D eigenvalue weighted by Gasteiger charge is 2.09. The zero-order chi connectivity index (χ0) is 9.84. The van der Waals surface area contributed by atoms with Crippen molar-refractivity contribution >= 4 is 11.6 Å². The van der Waals surface area contributed by atoms with E-state index in [1.807, 2.05) is 12.1 Å². The first-order valence-electron chi connectivity index (χ1n) is 4.65. The van der Waals surface area contributed by atoms with Crippen molar-refractivity contribution in [2.45, 2.75) is 26.2 Å². The van der Waals surface area contributed by atoms with Gasteiger partial charge in [-0.2, -0.15) is 0 Å². The van der Waals surface area contributed by atoms with Crippen molar-refractivity contribution in [1.82, 2.24) is 0 Å². The van der Waals surface area contributed by atoms with Crippen LogP contribution in [0.5, 0.6) is 0 Å². The van der Waals surface area contributed by atoms with Gasteiger partial charge in [0.15, 0.2) is 0 Å². The molecule has 1 atom stereocenters. The maximum absolute atomic E-state index is 5.88. The van der Waals surface area contributed by atoms with Gasteiger partial charge >= 0.3 is 0 Å². The summed E-state index contributed by atoms with van der Waals surface area (Å²) in [6.45, 7) is 4.95. The van der Waals surface area contributed by atoms with Gasteiger partial charge in [-0.15, -0.1) is 0 Å². The highest BCUT2D eigenvalue weighted by Crippen LogP contribution is 2.24. The molecule has 1 rings (SSSR count). The molecule has 0 aliphatic rings. The van der Waals surface area contributed by atoms with Gasteiger partial charge in [0.25, 0.3) is 0 Å². The highest BCUT2D eigenvalue weighted by atomic mass is 35.5. The van der Waals surface area contributed by atoms with Gasteiger partial charge in [0.2, 0.25) is 0 Å². The molecule has 0 radical (unpaired) electrons. The van der Waals surface area contributed by atoms with Gasteiger partial charge in [0, 0.05) is 5.02 Å². The zero-order valence-electron chi connectivity index (χ0n) is 8.18. The Labute approximate surface area is 84.9 Å². The van der Waals surface area contributed by atoms with Crippen molar-refractivity contribution in [2.75, 3.05) is 6.54 Å². The van der Waals surface area contributed by atoms with Crippen molar-refractivity contribution in [1.29, 1.82) is 0 Å². The summed E-state index contributed by atoms with van der Waals surface area (Å²) < 4.78 is 0. The van der Waals surface area contributed by atoms with E-state index in [0.29, 0.717) is 12.5 Å². The van der Waals surface area contributed by atoms with E-state index < -0.39 is 0 Å². The second-order valence-corrected chi connectivity index (χ2v) is 3.78. The second kappa shape index (κ2) is 4.64. The minimum atomic E-state index is 0.470. The first kappa shape index (κ1) is 10.6. The molecule has 0 aliphatic heterocycles. The third kappa shape index (κ3) is 2.45. The summed E-state index contributed by atoms with van der Waals surface area (Å²) in [5, 5.41) is 0.799. The van der Waals surface area contributed by atoms with Crippen LogP contribution in [0.2, 0.25) is 5.02 Å².